The number of benzene rings is 2. The number of fused-ring (bicyclic) bond motifs is 1. The van der Waals surface area contributed by atoms with Crippen LogP contribution in [0.3, 0.4) is 0 Å². The summed E-state index contributed by atoms with van der Waals surface area (Å²) in [4.78, 5) is 5.29. The van der Waals surface area contributed by atoms with Crippen LogP contribution in [0.15, 0.2) is 53.5 Å². The Bertz CT molecular complexity index is 915. The van der Waals surface area contributed by atoms with Crippen molar-refractivity contribution in [3.05, 3.63) is 64.8 Å². The number of phenols is 1. The average molecular weight is 515 g/mol. The van der Waals surface area contributed by atoms with Gasteiger partial charge in [-0.3, -0.25) is 0 Å². The first-order valence-corrected chi connectivity index (χ1v) is 9.54. The molecule has 2 aromatic carbocycles. The van der Waals surface area contributed by atoms with Gasteiger partial charge in [0.1, 0.15) is 6.10 Å². The number of thiophene rings is 1. The molecule has 0 radical (unpaired) electrons. The third kappa shape index (κ3) is 5.79. The molecule has 3 aromatic rings. The Hall–Kier alpha value is -1.91. The van der Waals surface area contributed by atoms with Gasteiger partial charge in [-0.1, -0.05) is 24.3 Å². The van der Waals surface area contributed by atoms with Crippen LogP contribution >= 0.6 is 35.3 Å². The standard InChI is InChI=1S/C20H22FN3O2S.HI/c1-2-22-20(23-11-13-7-8-16(25)15(21)9-13)24-12-17(26)19-10-14-5-3-4-6-18(14)27-19;/h3-10,17,25-26H,2,11-12H2,1H3,(H2,22,23,24);1H. The van der Waals surface area contributed by atoms with E-state index in [0.29, 0.717) is 24.6 Å². The molecule has 1 aromatic heterocycles. The third-order valence-corrected chi connectivity index (χ3v) is 5.23. The number of nitrogens with one attached hydrogen (secondary N) is 2. The number of halogens is 2. The largest absolute Gasteiger partial charge is 0.505 e. The zero-order valence-electron chi connectivity index (χ0n) is 15.4. The van der Waals surface area contributed by atoms with Crippen LogP contribution < -0.4 is 10.6 Å². The van der Waals surface area contributed by atoms with E-state index in [1.807, 2.05) is 37.3 Å². The van der Waals surface area contributed by atoms with Crippen LogP contribution in [0.5, 0.6) is 5.75 Å². The number of phenolic OH excluding ortho intramolecular Hbond substituents is 1. The summed E-state index contributed by atoms with van der Waals surface area (Å²) in [6.07, 6.45) is -0.655. The number of aromatic hydroxyl groups is 1. The highest BCUT2D eigenvalue weighted by Gasteiger charge is 2.12. The minimum absolute atomic E-state index is 0. The summed E-state index contributed by atoms with van der Waals surface area (Å²) in [5, 5.41) is 27.1. The van der Waals surface area contributed by atoms with Crippen molar-refractivity contribution in [2.45, 2.75) is 19.6 Å². The van der Waals surface area contributed by atoms with Crippen molar-refractivity contribution in [1.29, 1.82) is 0 Å². The average Bonchev–Trinajstić information content (AvgIpc) is 3.10. The van der Waals surface area contributed by atoms with Gasteiger partial charge in [-0.05, 0) is 42.1 Å². The molecule has 0 saturated heterocycles. The maximum atomic E-state index is 13.4. The lowest BCUT2D eigenvalue weighted by molar-refractivity contribution is 0.184. The Morgan fingerprint density at radius 3 is 2.68 bits per heavy atom. The summed E-state index contributed by atoms with van der Waals surface area (Å²) in [7, 11) is 0. The predicted octanol–water partition coefficient (Wildman–Crippen LogP) is 4.15. The molecule has 0 amide bonds. The van der Waals surface area contributed by atoms with Crippen LogP contribution in [-0.2, 0) is 6.54 Å². The zero-order valence-corrected chi connectivity index (χ0v) is 18.5. The molecule has 0 aliphatic rings. The van der Waals surface area contributed by atoms with Crippen molar-refractivity contribution in [2.24, 2.45) is 4.99 Å². The van der Waals surface area contributed by atoms with Crippen LogP contribution in [0, 0.1) is 5.82 Å². The number of guanidine groups is 1. The lowest BCUT2D eigenvalue weighted by Crippen LogP contribution is -2.39. The normalized spacial score (nSPS) is 12.5. The van der Waals surface area contributed by atoms with E-state index < -0.39 is 11.9 Å². The van der Waals surface area contributed by atoms with Crippen molar-refractivity contribution in [3.8, 4) is 5.75 Å². The second-order valence-corrected chi connectivity index (χ2v) is 7.18. The quantitative estimate of drug-likeness (QED) is 0.226. The van der Waals surface area contributed by atoms with E-state index in [1.54, 1.807) is 17.4 Å². The Morgan fingerprint density at radius 2 is 1.96 bits per heavy atom. The number of aliphatic imine (C=N–C) groups is 1. The number of hydrogen-bond acceptors (Lipinski definition) is 4. The van der Waals surface area contributed by atoms with Crippen LogP contribution in [0.1, 0.15) is 23.5 Å². The fourth-order valence-electron chi connectivity index (χ4n) is 2.62. The minimum Gasteiger partial charge on any atom is -0.505 e. The van der Waals surface area contributed by atoms with Gasteiger partial charge in [0.25, 0.3) is 0 Å². The molecule has 0 fully saturated rings. The van der Waals surface area contributed by atoms with Crippen molar-refractivity contribution < 1.29 is 14.6 Å². The molecule has 5 nitrogen and oxygen atoms in total. The molecule has 3 rings (SSSR count). The van der Waals surface area contributed by atoms with Gasteiger partial charge in [0.05, 0.1) is 6.54 Å². The van der Waals surface area contributed by atoms with E-state index in [1.165, 1.54) is 12.1 Å². The summed E-state index contributed by atoms with van der Waals surface area (Å²) < 4.78 is 14.6. The van der Waals surface area contributed by atoms with Gasteiger partial charge in [-0.2, -0.15) is 0 Å². The highest BCUT2D eigenvalue weighted by Crippen LogP contribution is 2.29. The number of nitrogens with zero attached hydrogens (tertiary/aromatic N) is 1. The fourth-order valence-corrected chi connectivity index (χ4v) is 3.67. The topological polar surface area (TPSA) is 76.9 Å². The SMILES string of the molecule is CCNC(=NCc1ccc(O)c(F)c1)NCC(O)c1cc2ccccc2s1.I. The van der Waals surface area contributed by atoms with Gasteiger partial charge in [-0.15, -0.1) is 35.3 Å². The zero-order chi connectivity index (χ0) is 19.2. The number of rotatable bonds is 6. The summed E-state index contributed by atoms with van der Waals surface area (Å²) in [5.41, 5.74) is 0.646. The Labute approximate surface area is 184 Å². The molecular formula is C20H23FIN3O2S. The molecule has 150 valence electrons. The van der Waals surface area contributed by atoms with Gasteiger partial charge >= 0.3 is 0 Å². The maximum absolute atomic E-state index is 13.4. The summed E-state index contributed by atoms with van der Waals surface area (Å²) >= 11 is 1.57. The molecule has 1 heterocycles. The molecule has 4 N–H and O–H groups in total. The Morgan fingerprint density at radius 1 is 1.18 bits per heavy atom. The minimum atomic E-state index is -0.666. The molecule has 8 heteroatoms. The summed E-state index contributed by atoms with van der Waals surface area (Å²) in [6.45, 7) is 3.17. The molecule has 0 spiro atoms. The van der Waals surface area contributed by atoms with E-state index in [-0.39, 0.29) is 36.3 Å². The van der Waals surface area contributed by atoms with Gasteiger partial charge < -0.3 is 20.8 Å². The molecule has 0 saturated carbocycles. The van der Waals surface area contributed by atoms with Gasteiger partial charge in [0.2, 0.25) is 0 Å². The van der Waals surface area contributed by atoms with Crippen molar-refractivity contribution in [3.63, 3.8) is 0 Å². The van der Waals surface area contributed by atoms with E-state index >= 15 is 0 Å². The van der Waals surface area contributed by atoms with Crippen LogP contribution in [0.4, 0.5) is 4.39 Å². The maximum Gasteiger partial charge on any atom is 0.191 e. The van der Waals surface area contributed by atoms with Gasteiger partial charge in [0, 0.05) is 22.7 Å². The number of aliphatic hydroxyl groups excluding tert-OH is 1. The van der Waals surface area contributed by atoms with E-state index in [4.69, 9.17) is 0 Å². The Kier molecular flexibility index (Phi) is 8.46. The molecule has 1 atom stereocenters. The smallest absolute Gasteiger partial charge is 0.191 e. The first kappa shape index (κ1) is 22.4. The first-order valence-electron chi connectivity index (χ1n) is 8.73. The van der Waals surface area contributed by atoms with Crippen LogP contribution in [0.25, 0.3) is 10.1 Å². The monoisotopic (exact) mass is 515 g/mol. The molecule has 0 bridgehead atoms. The predicted molar refractivity (Wildman–Crippen MR) is 123 cm³/mol. The van der Waals surface area contributed by atoms with Gasteiger partial charge in [0.15, 0.2) is 17.5 Å². The molecule has 0 aliphatic heterocycles. The van der Waals surface area contributed by atoms with Crippen molar-refractivity contribution in [2.75, 3.05) is 13.1 Å². The highest BCUT2D eigenvalue weighted by atomic mass is 127. The summed E-state index contributed by atoms with van der Waals surface area (Å²) in [5.74, 6) is -0.508. The second-order valence-electron chi connectivity index (χ2n) is 6.06. The molecule has 1 unspecified atom stereocenters. The number of hydrogen-bond donors (Lipinski definition) is 4. The molecule has 28 heavy (non-hydrogen) atoms. The van der Waals surface area contributed by atoms with Gasteiger partial charge in [-0.25, -0.2) is 9.38 Å². The molecular weight excluding hydrogens is 492 g/mol. The first-order chi connectivity index (χ1) is 13.1. The van der Waals surface area contributed by atoms with Crippen molar-refractivity contribution in [1.82, 2.24) is 10.6 Å². The molecule has 0 aliphatic carbocycles. The lowest BCUT2D eigenvalue weighted by Gasteiger charge is -2.14. The van der Waals surface area contributed by atoms with Crippen molar-refractivity contribution >= 4 is 51.4 Å². The fraction of sp³-hybridized carbons (Fsp3) is 0.250. The lowest BCUT2D eigenvalue weighted by atomic mass is 10.2. The third-order valence-electron chi connectivity index (χ3n) is 4.01. The summed E-state index contributed by atoms with van der Waals surface area (Å²) in [6, 6.07) is 14.2. The van der Waals surface area contributed by atoms with Crippen LogP contribution in [0.2, 0.25) is 0 Å². The van der Waals surface area contributed by atoms with Crippen LogP contribution in [-0.4, -0.2) is 29.3 Å². The van der Waals surface area contributed by atoms with E-state index in [0.717, 1.165) is 15.0 Å². The number of aliphatic hydroxyl groups is 1. The van der Waals surface area contributed by atoms with E-state index in [2.05, 4.69) is 15.6 Å². The Balaban J connectivity index is 0.00000280. The second kappa shape index (κ2) is 10.6. The van der Waals surface area contributed by atoms with E-state index in [9.17, 15) is 14.6 Å². The highest BCUT2D eigenvalue weighted by molar-refractivity contribution is 14.0.